The molecule has 0 spiro atoms. The molecule has 0 atom stereocenters. The van der Waals surface area contributed by atoms with Crippen LogP contribution in [0.4, 0.5) is 21.6 Å². The number of carboxylic acids is 1. The summed E-state index contributed by atoms with van der Waals surface area (Å²) in [6, 6.07) is 2.96. The largest absolute Gasteiger partial charge is 0.478 e. The van der Waals surface area contributed by atoms with E-state index in [2.05, 4.69) is 10.4 Å². The fourth-order valence-electron chi connectivity index (χ4n) is 1.60. The van der Waals surface area contributed by atoms with Gasteiger partial charge in [0, 0.05) is 31.4 Å². The van der Waals surface area contributed by atoms with Gasteiger partial charge in [-0.1, -0.05) is 0 Å². The fourth-order valence-corrected chi connectivity index (χ4v) is 1.60. The summed E-state index contributed by atoms with van der Waals surface area (Å²) < 4.78 is 15.0. The van der Waals surface area contributed by atoms with Crippen molar-refractivity contribution >= 4 is 23.2 Å². The molecule has 0 bridgehead atoms. The number of hydrogen-bond donors (Lipinski definition) is 2. The minimum Gasteiger partial charge on any atom is -0.478 e. The SMILES string of the molecule is Cn1ccc(Nc2cc(F)c(C(=O)O)cc2[N+](=O)[O-])n1. The maximum atomic E-state index is 13.6. The van der Waals surface area contributed by atoms with Gasteiger partial charge >= 0.3 is 5.97 Å². The van der Waals surface area contributed by atoms with E-state index in [1.54, 1.807) is 13.2 Å². The molecular weight excluding hydrogens is 271 g/mol. The third-order valence-electron chi connectivity index (χ3n) is 2.49. The second-order valence-corrected chi connectivity index (χ2v) is 3.91. The molecule has 1 aromatic heterocycles. The van der Waals surface area contributed by atoms with E-state index in [1.165, 1.54) is 10.7 Å². The molecule has 0 unspecified atom stereocenters. The lowest BCUT2D eigenvalue weighted by molar-refractivity contribution is -0.384. The number of nitrogens with zero attached hydrogens (tertiary/aromatic N) is 3. The second-order valence-electron chi connectivity index (χ2n) is 3.91. The van der Waals surface area contributed by atoms with Crippen molar-refractivity contribution in [2.75, 3.05) is 5.32 Å². The Morgan fingerprint density at radius 2 is 2.25 bits per heavy atom. The first kappa shape index (κ1) is 13.5. The summed E-state index contributed by atoms with van der Waals surface area (Å²) in [7, 11) is 1.65. The zero-order valence-electron chi connectivity index (χ0n) is 10.2. The summed E-state index contributed by atoms with van der Waals surface area (Å²) >= 11 is 0. The van der Waals surface area contributed by atoms with Crippen LogP contribution in [0.2, 0.25) is 0 Å². The van der Waals surface area contributed by atoms with Crippen molar-refractivity contribution in [1.29, 1.82) is 0 Å². The molecule has 2 N–H and O–H groups in total. The number of rotatable bonds is 4. The van der Waals surface area contributed by atoms with Crippen LogP contribution in [0.25, 0.3) is 0 Å². The van der Waals surface area contributed by atoms with E-state index in [0.717, 1.165) is 6.07 Å². The number of aromatic nitrogens is 2. The normalized spacial score (nSPS) is 10.3. The van der Waals surface area contributed by atoms with E-state index in [4.69, 9.17) is 5.11 Å². The van der Waals surface area contributed by atoms with Gasteiger partial charge in [0.25, 0.3) is 5.69 Å². The summed E-state index contributed by atoms with van der Waals surface area (Å²) in [5, 5.41) is 26.2. The van der Waals surface area contributed by atoms with Gasteiger partial charge in [-0.15, -0.1) is 0 Å². The minimum atomic E-state index is -1.57. The number of nitrogens with one attached hydrogen (secondary N) is 1. The Morgan fingerprint density at radius 3 is 2.75 bits per heavy atom. The average molecular weight is 280 g/mol. The highest BCUT2D eigenvalue weighted by Crippen LogP contribution is 2.30. The van der Waals surface area contributed by atoms with Gasteiger partial charge in [0.15, 0.2) is 5.82 Å². The van der Waals surface area contributed by atoms with Gasteiger partial charge in [0.1, 0.15) is 17.1 Å². The van der Waals surface area contributed by atoms with Crippen LogP contribution >= 0.6 is 0 Å². The smallest absolute Gasteiger partial charge is 0.338 e. The zero-order valence-corrected chi connectivity index (χ0v) is 10.2. The van der Waals surface area contributed by atoms with Gasteiger partial charge in [-0.25, -0.2) is 9.18 Å². The Hall–Kier alpha value is -2.97. The summed E-state index contributed by atoms with van der Waals surface area (Å²) in [4.78, 5) is 20.9. The van der Waals surface area contributed by atoms with Crippen molar-refractivity contribution in [3.05, 3.63) is 45.9 Å². The number of nitro benzene ring substituents is 1. The lowest BCUT2D eigenvalue weighted by atomic mass is 10.1. The Morgan fingerprint density at radius 1 is 1.55 bits per heavy atom. The first-order valence-corrected chi connectivity index (χ1v) is 5.36. The maximum Gasteiger partial charge on any atom is 0.338 e. The van der Waals surface area contributed by atoms with Crippen molar-refractivity contribution in [2.45, 2.75) is 0 Å². The van der Waals surface area contributed by atoms with Gasteiger partial charge in [0.2, 0.25) is 0 Å². The number of nitro groups is 1. The van der Waals surface area contributed by atoms with Gasteiger partial charge < -0.3 is 10.4 Å². The molecule has 1 heterocycles. The Labute approximate surface area is 111 Å². The monoisotopic (exact) mass is 280 g/mol. The molecule has 2 rings (SSSR count). The van der Waals surface area contributed by atoms with Crippen LogP contribution in [-0.2, 0) is 7.05 Å². The number of carboxylic acid groups (broad SMARTS) is 1. The van der Waals surface area contributed by atoms with Crippen molar-refractivity contribution in [3.8, 4) is 0 Å². The molecule has 8 nitrogen and oxygen atoms in total. The van der Waals surface area contributed by atoms with E-state index in [1.807, 2.05) is 0 Å². The van der Waals surface area contributed by atoms with Gasteiger partial charge in [-0.3, -0.25) is 14.8 Å². The molecular formula is C11H9FN4O4. The molecule has 0 amide bonds. The standard InChI is InChI=1S/C11H9FN4O4/c1-15-3-2-10(14-15)13-8-5-7(12)6(11(17)18)4-9(8)16(19)20/h2-5H,1H3,(H,13,14)(H,17,18). The van der Waals surface area contributed by atoms with Crippen LogP contribution in [0.3, 0.4) is 0 Å². The third-order valence-corrected chi connectivity index (χ3v) is 2.49. The molecule has 2 aromatic rings. The number of anilines is 2. The highest BCUT2D eigenvalue weighted by atomic mass is 19.1. The van der Waals surface area contributed by atoms with Crippen molar-refractivity contribution in [3.63, 3.8) is 0 Å². The molecule has 0 aliphatic rings. The van der Waals surface area contributed by atoms with Crippen molar-refractivity contribution in [1.82, 2.24) is 9.78 Å². The molecule has 0 fully saturated rings. The molecule has 0 saturated carbocycles. The molecule has 0 saturated heterocycles. The van der Waals surface area contributed by atoms with Crippen LogP contribution in [0.5, 0.6) is 0 Å². The molecule has 0 radical (unpaired) electrons. The number of carbonyl (C=O) groups is 1. The number of aromatic carboxylic acids is 1. The maximum absolute atomic E-state index is 13.6. The van der Waals surface area contributed by atoms with Crippen LogP contribution in [-0.4, -0.2) is 25.8 Å². The number of halogens is 1. The third kappa shape index (κ3) is 2.55. The van der Waals surface area contributed by atoms with Crippen LogP contribution < -0.4 is 5.32 Å². The van der Waals surface area contributed by atoms with Gasteiger partial charge in [-0.2, -0.15) is 5.10 Å². The number of aryl methyl sites for hydroxylation is 1. The summed E-state index contributed by atoms with van der Waals surface area (Å²) in [6.45, 7) is 0. The molecule has 0 aliphatic carbocycles. The van der Waals surface area contributed by atoms with E-state index in [0.29, 0.717) is 6.07 Å². The highest BCUT2D eigenvalue weighted by Gasteiger charge is 2.22. The summed E-state index contributed by atoms with van der Waals surface area (Å²) in [5.41, 5.74) is -1.48. The lowest BCUT2D eigenvalue weighted by Crippen LogP contribution is -2.05. The highest BCUT2D eigenvalue weighted by molar-refractivity contribution is 5.90. The predicted octanol–water partition coefficient (Wildman–Crippen LogP) is 1.91. The topological polar surface area (TPSA) is 110 Å². The van der Waals surface area contributed by atoms with E-state index in [9.17, 15) is 19.3 Å². The quantitative estimate of drug-likeness (QED) is 0.653. The molecule has 104 valence electrons. The van der Waals surface area contributed by atoms with Gasteiger partial charge in [0.05, 0.1) is 4.92 Å². The number of benzene rings is 1. The first-order valence-electron chi connectivity index (χ1n) is 5.36. The van der Waals surface area contributed by atoms with Crippen molar-refractivity contribution in [2.24, 2.45) is 7.05 Å². The van der Waals surface area contributed by atoms with E-state index < -0.39 is 28.0 Å². The predicted molar refractivity (Wildman–Crippen MR) is 66.5 cm³/mol. The van der Waals surface area contributed by atoms with Gasteiger partial charge in [-0.05, 0) is 0 Å². The Bertz CT molecular complexity index is 698. The second kappa shape index (κ2) is 4.96. The zero-order chi connectivity index (χ0) is 14.9. The van der Waals surface area contributed by atoms with Crippen molar-refractivity contribution < 1.29 is 19.2 Å². The molecule has 9 heteroatoms. The minimum absolute atomic E-state index is 0.170. The fraction of sp³-hybridized carbons (Fsp3) is 0.0909. The van der Waals surface area contributed by atoms with E-state index >= 15 is 0 Å². The van der Waals surface area contributed by atoms with Crippen LogP contribution in [0, 0.1) is 15.9 Å². The van der Waals surface area contributed by atoms with E-state index in [-0.39, 0.29) is 11.5 Å². The summed E-state index contributed by atoms with van der Waals surface area (Å²) in [6.07, 6.45) is 1.59. The number of hydrogen-bond acceptors (Lipinski definition) is 5. The van der Waals surface area contributed by atoms with Crippen LogP contribution in [0.1, 0.15) is 10.4 Å². The van der Waals surface area contributed by atoms with Crippen LogP contribution in [0.15, 0.2) is 24.4 Å². The first-order chi connectivity index (χ1) is 9.38. The average Bonchev–Trinajstić information content (AvgIpc) is 2.74. The lowest BCUT2D eigenvalue weighted by Gasteiger charge is -2.06. The summed E-state index contributed by atoms with van der Waals surface area (Å²) in [5.74, 6) is -2.37. The molecule has 20 heavy (non-hydrogen) atoms. The Kier molecular flexibility index (Phi) is 3.34. The molecule has 1 aromatic carbocycles. The molecule has 0 aliphatic heterocycles. The Balaban J connectivity index is 2.48.